The number of aryl methyl sites for hydroxylation is 1. The third-order valence-corrected chi connectivity index (χ3v) is 4.02. The van der Waals surface area contributed by atoms with Gasteiger partial charge < -0.3 is 10.5 Å². The van der Waals surface area contributed by atoms with Gasteiger partial charge in [0, 0.05) is 15.6 Å². The Balaban J connectivity index is 2.30. The Kier molecular flexibility index (Phi) is 4.75. The number of nitrogens with one attached hydrogen (secondary N) is 1. The molecular formula is C16H15BrN2O2. The standard InChI is InChI=1S/C16H15BrN2O2/c1-10-9-12(7-8-14(10)17)16(20)18-15-6-4-3-5-13(15)11(2)19-21/h3-9,21H,1-2H3,(H,18,20)/b19-11-. The van der Waals surface area contributed by atoms with Crippen LogP contribution in [0.15, 0.2) is 52.1 Å². The van der Waals surface area contributed by atoms with E-state index in [1.54, 1.807) is 25.1 Å². The maximum Gasteiger partial charge on any atom is 0.255 e. The van der Waals surface area contributed by atoms with E-state index < -0.39 is 0 Å². The number of rotatable bonds is 3. The second-order valence-electron chi connectivity index (χ2n) is 4.65. The Bertz CT molecular complexity index is 711. The summed E-state index contributed by atoms with van der Waals surface area (Å²) in [5.41, 5.74) is 3.30. The number of halogens is 1. The van der Waals surface area contributed by atoms with Crippen LogP contribution in [0.1, 0.15) is 28.4 Å². The van der Waals surface area contributed by atoms with Crippen molar-refractivity contribution < 1.29 is 10.0 Å². The Labute approximate surface area is 131 Å². The van der Waals surface area contributed by atoms with Crippen LogP contribution in [-0.2, 0) is 0 Å². The summed E-state index contributed by atoms with van der Waals surface area (Å²) in [6, 6.07) is 12.6. The molecular weight excluding hydrogens is 332 g/mol. The molecule has 0 atom stereocenters. The van der Waals surface area contributed by atoms with Gasteiger partial charge in [0.25, 0.3) is 5.91 Å². The minimum atomic E-state index is -0.205. The van der Waals surface area contributed by atoms with Gasteiger partial charge in [0.05, 0.1) is 11.4 Å². The fourth-order valence-electron chi connectivity index (χ4n) is 1.94. The van der Waals surface area contributed by atoms with E-state index in [0.717, 1.165) is 10.0 Å². The number of anilines is 1. The van der Waals surface area contributed by atoms with Crippen molar-refractivity contribution in [1.82, 2.24) is 0 Å². The lowest BCUT2D eigenvalue weighted by atomic mass is 10.1. The molecule has 0 spiro atoms. The molecule has 0 aliphatic rings. The first kappa shape index (κ1) is 15.3. The molecule has 2 aromatic rings. The Morgan fingerprint density at radius 1 is 1.24 bits per heavy atom. The topological polar surface area (TPSA) is 61.7 Å². The lowest BCUT2D eigenvalue weighted by Crippen LogP contribution is -2.14. The van der Waals surface area contributed by atoms with Gasteiger partial charge in [0.15, 0.2) is 0 Å². The van der Waals surface area contributed by atoms with Gasteiger partial charge in [-0.25, -0.2) is 0 Å². The SMILES string of the molecule is C/C(=N/O)c1ccccc1NC(=O)c1ccc(Br)c(C)c1. The van der Waals surface area contributed by atoms with Crippen LogP contribution in [0.5, 0.6) is 0 Å². The third kappa shape index (κ3) is 3.49. The van der Waals surface area contributed by atoms with Crippen LogP contribution >= 0.6 is 15.9 Å². The first-order valence-corrected chi connectivity index (χ1v) is 7.18. The number of para-hydroxylation sites is 1. The van der Waals surface area contributed by atoms with Crippen LogP contribution in [0.25, 0.3) is 0 Å². The first-order valence-electron chi connectivity index (χ1n) is 6.38. The number of oxime groups is 1. The molecule has 2 N–H and O–H groups in total. The highest BCUT2D eigenvalue weighted by Crippen LogP contribution is 2.20. The monoisotopic (exact) mass is 346 g/mol. The van der Waals surface area contributed by atoms with Crippen molar-refractivity contribution in [3.05, 3.63) is 63.6 Å². The van der Waals surface area contributed by atoms with Gasteiger partial charge >= 0.3 is 0 Å². The lowest BCUT2D eigenvalue weighted by molar-refractivity contribution is 0.102. The number of hydrogen-bond acceptors (Lipinski definition) is 3. The maximum absolute atomic E-state index is 12.3. The number of nitrogens with zero attached hydrogens (tertiary/aromatic N) is 1. The molecule has 5 heteroatoms. The van der Waals surface area contributed by atoms with Gasteiger partial charge in [0.1, 0.15) is 0 Å². The van der Waals surface area contributed by atoms with E-state index in [1.165, 1.54) is 0 Å². The van der Waals surface area contributed by atoms with Gasteiger partial charge in [-0.15, -0.1) is 0 Å². The zero-order chi connectivity index (χ0) is 15.4. The molecule has 0 unspecified atom stereocenters. The second-order valence-corrected chi connectivity index (χ2v) is 5.50. The first-order chi connectivity index (χ1) is 10.0. The predicted octanol–water partition coefficient (Wildman–Crippen LogP) is 4.21. The Hall–Kier alpha value is -2.14. The average Bonchev–Trinajstić information content (AvgIpc) is 2.49. The molecule has 21 heavy (non-hydrogen) atoms. The van der Waals surface area contributed by atoms with E-state index in [0.29, 0.717) is 22.5 Å². The summed E-state index contributed by atoms with van der Waals surface area (Å²) in [5.74, 6) is -0.205. The molecule has 0 saturated heterocycles. The molecule has 0 bridgehead atoms. The quantitative estimate of drug-likeness (QED) is 0.496. The van der Waals surface area contributed by atoms with Crippen molar-refractivity contribution in [3.63, 3.8) is 0 Å². The van der Waals surface area contributed by atoms with Gasteiger partial charge in [-0.05, 0) is 43.7 Å². The summed E-state index contributed by atoms with van der Waals surface area (Å²) in [6.07, 6.45) is 0. The summed E-state index contributed by atoms with van der Waals surface area (Å²) in [5, 5.41) is 14.9. The highest BCUT2D eigenvalue weighted by molar-refractivity contribution is 9.10. The number of amides is 1. The minimum Gasteiger partial charge on any atom is -0.411 e. The smallest absolute Gasteiger partial charge is 0.255 e. The van der Waals surface area contributed by atoms with Crippen molar-refractivity contribution in [2.45, 2.75) is 13.8 Å². The molecule has 1 amide bonds. The van der Waals surface area contributed by atoms with E-state index in [4.69, 9.17) is 5.21 Å². The molecule has 108 valence electrons. The fraction of sp³-hybridized carbons (Fsp3) is 0.125. The van der Waals surface area contributed by atoms with E-state index >= 15 is 0 Å². The molecule has 0 aromatic heterocycles. The van der Waals surface area contributed by atoms with Crippen LogP contribution in [0, 0.1) is 6.92 Å². The van der Waals surface area contributed by atoms with E-state index in [2.05, 4.69) is 26.4 Å². The third-order valence-electron chi connectivity index (χ3n) is 3.14. The molecule has 2 rings (SSSR count). The highest BCUT2D eigenvalue weighted by Gasteiger charge is 2.11. The van der Waals surface area contributed by atoms with Gasteiger partial charge in [-0.1, -0.05) is 39.3 Å². The maximum atomic E-state index is 12.3. The van der Waals surface area contributed by atoms with Crippen molar-refractivity contribution in [3.8, 4) is 0 Å². The molecule has 0 fully saturated rings. The van der Waals surface area contributed by atoms with Crippen LogP contribution in [0.4, 0.5) is 5.69 Å². The van der Waals surface area contributed by atoms with Crippen LogP contribution in [0.3, 0.4) is 0 Å². The largest absolute Gasteiger partial charge is 0.411 e. The number of carbonyl (C=O) groups is 1. The van der Waals surface area contributed by atoms with Gasteiger partial charge in [-0.2, -0.15) is 0 Å². The number of carbonyl (C=O) groups excluding carboxylic acids is 1. The van der Waals surface area contributed by atoms with Crippen LogP contribution < -0.4 is 5.32 Å². The minimum absolute atomic E-state index is 0.205. The van der Waals surface area contributed by atoms with E-state index in [-0.39, 0.29) is 5.91 Å². The van der Waals surface area contributed by atoms with Crippen molar-refractivity contribution in [1.29, 1.82) is 0 Å². The summed E-state index contributed by atoms with van der Waals surface area (Å²) in [7, 11) is 0. The zero-order valence-electron chi connectivity index (χ0n) is 11.7. The molecule has 0 aliphatic carbocycles. The van der Waals surface area contributed by atoms with Gasteiger partial charge in [0.2, 0.25) is 0 Å². The van der Waals surface area contributed by atoms with Crippen molar-refractivity contribution in [2.24, 2.45) is 5.16 Å². The van der Waals surface area contributed by atoms with E-state index in [1.807, 2.05) is 31.2 Å². The second kappa shape index (κ2) is 6.54. The number of benzene rings is 2. The predicted molar refractivity (Wildman–Crippen MR) is 87.3 cm³/mol. The highest BCUT2D eigenvalue weighted by atomic mass is 79.9. The summed E-state index contributed by atoms with van der Waals surface area (Å²) in [6.45, 7) is 3.60. The average molecular weight is 347 g/mol. The van der Waals surface area contributed by atoms with Crippen molar-refractivity contribution in [2.75, 3.05) is 5.32 Å². The molecule has 2 aromatic carbocycles. The van der Waals surface area contributed by atoms with Crippen molar-refractivity contribution >= 4 is 33.2 Å². The van der Waals surface area contributed by atoms with Crippen LogP contribution in [-0.4, -0.2) is 16.8 Å². The molecule has 0 heterocycles. The molecule has 0 radical (unpaired) electrons. The summed E-state index contributed by atoms with van der Waals surface area (Å²) in [4.78, 5) is 12.3. The molecule has 0 saturated carbocycles. The molecule has 0 aliphatic heterocycles. The lowest BCUT2D eigenvalue weighted by Gasteiger charge is -2.11. The Morgan fingerprint density at radius 2 is 1.95 bits per heavy atom. The zero-order valence-corrected chi connectivity index (χ0v) is 13.3. The van der Waals surface area contributed by atoms with Gasteiger partial charge in [-0.3, -0.25) is 4.79 Å². The fourth-order valence-corrected chi connectivity index (χ4v) is 2.19. The number of hydrogen-bond donors (Lipinski definition) is 2. The summed E-state index contributed by atoms with van der Waals surface area (Å²) < 4.78 is 0.961. The Morgan fingerprint density at radius 3 is 2.62 bits per heavy atom. The van der Waals surface area contributed by atoms with Crippen LogP contribution in [0.2, 0.25) is 0 Å². The molecule has 4 nitrogen and oxygen atoms in total. The van der Waals surface area contributed by atoms with E-state index in [9.17, 15) is 4.79 Å². The normalized spacial score (nSPS) is 11.3. The summed E-state index contributed by atoms with van der Waals surface area (Å²) >= 11 is 3.41.